The molecule has 7 heteroatoms. The summed E-state index contributed by atoms with van der Waals surface area (Å²) in [7, 11) is 1.51. The van der Waals surface area contributed by atoms with E-state index < -0.39 is 5.97 Å². The summed E-state index contributed by atoms with van der Waals surface area (Å²) >= 11 is 1.18. The zero-order chi connectivity index (χ0) is 21.4. The van der Waals surface area contributed by atoms with Gasteiger partial charge in [-0.2, -0.15) is 0 Å². The van der Waals surface area contributed by atoms with E-state index >= 15 is 0 Å². The third-order valence-corrected chi connectivity index (χ3v) is 5.09. The van der Waals surface area contributed by atoms with E-state index in [2.05, 4.69) is 5.32 Å². The minimum absolute atomic E-state index is 0.00154. The Bertz CT molecular complexity index is 910. The minimum atomic E-state index is -0.440. The van der Waals surface area contributed by atoms with Crippen LogP contribution in [0, 0.1) is 13.8 Å². The lowest BCUT2D eigenvalue weighted by atomic mass is 10.1. The summed E-state index contributed by atoms with van der Waals surface area (Å²) in [5.74, 6) is 0.0460. The number of benzene rings is 2. The van der Waals surface area contributed by atoms with Crippen LogP contribution in [0.4, 0.5) is 5.69 Å². The fourth-order valence-corrected chi connectivity index (χ4v) is 3.29. The van der Waals surface area contributed by atoms with Crippen molar-refractivity contribution in [3.05, 3.63) is 58.7 Å². The highest BCUT2D eigenvalue weighted by molar-refractivity contribution is 8.00. The van der Waals surface area contributed by atoms with Gasteiger partial charge < -0.3 is 14.8 Å². The fourth-order valence-electron chi connectivity index (χ4n) is 2.68. The van der Waals surface area contributed by atoms with Gasteiger partial charge in [0, 0.05) is 16.8 Å². The second-order valence-electron chi connectivity index (χ2n) is 6.60. The Morgan fingerprint density at radius 1 is 1.03 bits per heavy atom. The molecule has 0 bridgehead atoms. The van der Waals surface area contributed by atoms with Crippen molar-refractivity contribution in [2.45, 2.75) is 27.4 Å². The van der Waals surface area contributed by atoms with E-state index in [0.717, 1.165) is 16.8 Å². The number of rotatable bonds is 9. The summed E-state index contributed by atoms with van der Waals surface area (Å²) in [6, 6.07) is 10.8. The van der Waals surface area contributed by atoms with Gasteiger partial charge in [0.2, 0.25) is 5.91 Å². The van der Waals surface area contributed by atoms with Crippen LogP contribution in [0.5, 0.6) is 5.75 Å². The van der Waals surface area contributed by atoms with Crippen LogP contribution in [-0.2, 0) is 20.9 Å². The molecular weight excluding hydrogens is 390 g/mol. The zero-order valence-corrected chi connectivity index (χ0v) is 17.9. The molecule has 0 aliphatic heterocycles. The highest BCUT2D eigenvalue weighted by atomic mass is 32.2. The van der Waals surface area contributed by atoms with Gasteiger partial charge in [-0.1, -0.05) is 17.7 Å². The van der Waals surface area contributed by atoms with Gasteiger partial charge in [-0.25, -0.2) is 0 Å². The predicted octanol–water partition coefficient (Wildman–Crippen LogP) is 3.93. The highest BCUT2D eigenvalue weighted by Gasteiger charge is 2.12. The van der Waals surface area contributed by atoms with Gasteiger partial charge in [0.15, 0.2) is 5.78 Å². The topological polar surface area (TPSA) is 81.7 Å². The Morgan fingerprint density at radius 2 is 1.79 bits per heavy atom. The van der Waals surface area contributed by atoms with E-state index in [1.54, 1.807) is 18.2 Å². The first kappa shape index (κ1) is 22.5. The Kier molecular flexibility index (Phi) is 8.27. The van der Waals surface area contributed by atoms with Crippen LogP contribution in [-0.4, -0.2) is 36.3 Å². The number of nitrogens with one attached hydrogen (secondary N) is 1. The molecule has 0 aliphatic carbocycles. The van der Waals surface area contributed by atoms with Crippen LogP contribution >= 0.6 is 11.8 Å². The number of Topliss-reactive ketones (excluding diaryl/α,β-unsaturated/α-hetero) is 1. The number of hydrogen-bond donors (Lipinski definition) is 1. The van der Waals surface area contributed by atoms with Crippen molar-refractivity contribution in [1.29, 1.82) is 0 Å². The third-order valence-electron chi connectivity index (χ3n) is 4.18. The average molecular weight is 416 g/mol. The number of carbonyl (C=O) groups is 3. The number of amides is 1. The SMILES string of the molecule is COc1ccc(C(C)=O)cc1COC(=O)CSCC(=O)Nc1ccc(C)cc1C. The molecule has 2 aromatic carbocycles. The first-order valence-electron chi connectivity index (χ1n) is 9.08. The van der Waals surface area contributed by atoms with E-state index in [9.17, 15) is 14.4 Å². The molecule has 154 valence electrons. The number of ether oxygens (including phenoxy) is 2. The normalized spacial score (nSPS) is 10.3. The van der Waals surface area contributed by atoms with E-state index in [1.165, 1.54) is 25.8 Å². The van der Waals surface area contributed by atoms with Crippen LogP contribution in [0.15, 0.2) is 36.4 Å². The van der Waals surface area contributed by atoms with Crippen molar-refractivity contribution in [2.24, 2.45) is 0 Å². The number of thioether (sulfide) groups is 1. The Morgan fingerprint density at radius 3 is 2.45 bits per heavy atom. The monoisotopic (exact) mass is 415 g/mol. The lowest BCUT2D eigenvalue weighted by Gasteiger charge is -2.11. The van der Waals surface area contributed by atoms with Crippen molar-refractivity contribution < 1.29 is 23.9 Å². The molecule has 2 rings (SSSR count). The minimum Gasteiger partial charge on any atom is -0.496 e. The number of methoxy groups -OCH3 is 1. The molecule has 0 radical (unpaired) electrons. The lowest BCUT2D eigenvalue weighted by molar-refractivity contribution is -0.141. The first-order valence-corrected chi connectivity index (χ1v) is 10.2. The number of ketones is 1. The molecule has 1 N–H and O–H groups in total. The number of hydrogen-bond acceptors (Lipinski definition) is 6. The Hall–Kier alpha value is -2.80. The van der Waals surface area contributed by atoms with Gasteiger partial charge in [-0.05, 0) is 50.6 Å². The van der Waals surface area contributed by atoms with E-state index in [-0.39, 0.29) is 29.8 Å². The third kappa shape index (κ3) is 6.94. The lowest BCUT2D eigenvalue weighted by Crippen LogP contribution is -2.17. The van der Waals surface area contributed by atoms with Crippen LogP contribution in [0.3, 0.4) is 0 Å². The van der Waals surface area contributed by atoms with Gasteiger partial charge in [0.05, 0.1) is 18.6 Å². The molecule has 0 atom stereocenters. The first-order chi connectivity index (χ1) is 13.8. The molecule has 0 aliphatic rings. The molecule has 2 aromatic rings. The smallest absolute Gasteiger partial charge is 0.316 e. The summed E-state index contributed by atoms with van der Waals surface area (Å²) < 4.78 is 10.5. The molecule has 0 aromatic heterocycles. The summed E-state index contributed by atoms with van der Waals surface area (Å²) in [6.07, 6.45) is 0. The molecule has 0 saturated heterocycles. The predicted molar refractivity (Wildman–Crippen MR) is 115 cm³/mol. The standard InChI is InChI=1S/C22H25NO5S/c1-14-5-7-19(15(2)9-14)23-21(25)12-29-13-22(26)28-11-18-10-17(16(3)24)6-8-20(18)27-4/h5-10H,11-13H2,1-4H3,(H,23,25). The van der Waals surface area contributed by atoms with Crippen molar-refractivity contribution in [2.75, 3.05) is 23.9 Å². The summed E-state index contributed by atoms with van der Waals surface area (Å²) in [4.78, 5) is 35.6. The molecule has 29 heavy (non-hydrogen) atoms. The maximum atomic E-state index is 12.1. The molecule has 6 nitrogen and oxygen atoms in total. The van der Waals surface area contributed by atoms with Gasteiger partial charge in [-0.3, -0.25) is 14.4 Å². The molecule has 0 heterocycles. The van der Waals surface area contributed by atoms with Crippen molar-refractivity contribution in [1.82, 2.24) is 0 Å². The molecular formula is C22H25NO5S. The summed E-state index contributed by atoms with van der Waals surface area (Å²) in [5, 5.41) is 2.84. The maximum absolute atomic E-state index is 12.1. The maximum Gasteiger partial charge on any atom is 0.316 e. The van der Waals surface area contributed by atoms with Crippen molar-refractivity contribution in [3.63, 3.8) is 0 Å². The summed E-state index contributed by atoms with van der Waals surface area (Å²) in [5.41, 5.74) is 4.02. The van der Waals surface area contributed by atoms with Crippen molar-refractivity contribution >= 4 is 35.1 Å². The number of esters is 1. The molecule has 0 fully saturated rings. The second kappa shape index (κ2) is 10.7. The van der Waals surface area contributed by atoms with Gasteiger partial charge in [-0.15, -0.1) is 11.8 Å². The highest BCUT2D eigenvalue weighted by Crippen LogP contribution is 2.21. The molecule has 0 saturated carbocycles. The number of carbonyl (C=O) groups excluding carboxylic acids is 3. The Labute approximate surface area is 175 Å². The van der Waals surface area contributed by atoms with Gasteiger partial charge >= 0.3 is 5.97 Å². The quantitative estimate of drug-likeness (QED) is 0.494. The van der Waals surface area contributed by atoms with E-state index in [0.29, 0.717) is 16.9 Å². The van der Waals surface area contributed by atoms with Crippen LogP contribution in [0.1, 0.15) is 34.0 Å². The molecule has 0 spiro atoms. The number of anilines is 1. The average Bonchev–Trinajstić information content (AvgIpc) is 2.68. The largest absolute Gasteiger partial charge is 0.496 e. The van der Waals surface area contributed by atoms with Crippen LogP contribution in [0.25, 0.3) is 0 Å². The number of aryl methyl sites for hydroxylation is 2. The molecule has 0 unspecified atom stereocenters. The van der Waals surface area contributed by atoms with Gasteiger partial charge in [0.1, 0.15) is 12.4 Å². The Balaban J connectivity index is 1.79. The zero-order valence-electron chi connectivity index (χ0n) is 17.0. The van der Waals surface area contributed by atoms with E-state index in [1.807, 2.05) is 32.0 Å². The molecule has 1 amide bonds. The second-order valence-corrected chi connectivity index (χ2v) is 7.59. The van der Waals surface area contributed by atoms with Gasteiger partial charge in [0.25, 0.3) is 0 Å². The fraction of sp³-hybridized carbons (Fsp3) is 0.318. The van der Waals surface area contributed by atoms with E-state index in [4.69, 9.17) is 9.47 Å². The van der Waals surface area contributed by atoms with Crippen molar-refractivity contribution in [3.8, 4) is 5.75 Å². The van der Waals surface area contributed by atoms with Crippen LogP contribution < -0.4 is 10.1 Å². The summed E-state index contributed by atoms with van der Waals surface area (Å²) in [6.45, 7) is 5.39. The van der Waals surface area contributed by atoms with Crippen LogP contribution in [0.2, 0.25) is 0 Å².